The molecule has 3 rings (SSSR count). The molecule has 28 heavy (non-hydrogen) atoms. The molecule has 1 unspecified atom stereocenters. The molecular formula is C21H19NO4S2. The Morgan fingerprint density at radius 2 is 2.04 bits per heavy atom. The average Bonchev–Trinajstić information content (AvgIpc) is 2.95. The Morgan fingerprint density at radius 1 is 1.29 bits per heavy atom. The molecule has 7 heteroatoms. The summed E-state index contributed by atoms with van der Waals surface area (Å²) in [5.41, 5.74) is 2.60. The number of nitrogens with zero attached hydrogens (tertiary/aromatic N) is 1. The van der Waals surface area contributed by atoms with Gasteiger partial charge in [0.2, 0.25) is 0 Å². The van der Waals surface area contributed by atoms with Gasteiger partial charge >= 0.3 is 5.97 Å². The number of anilines is 1. The Kier molecular flexibility index (Phi) is 6.16. The summed E-state index contributed by atoms with van der Waals surface area (Å²) in [6, 6.07) is 14.7. The number of carboxylic acids is 1. The maximum atomic E-state index is 13.0. The monoisotopic (exact) mass is 413 g/mol. The van der Waals surface area contributed by atoms with E-state index < -0.39 is 12.1 Å². The summed E-state index contributed by atoms with van der Waals surface area (Å²) < 4.78 is 5.88. The molecule has 5 nitrogen and oxygen atoms in total. The molecule has 1 aliphatic heterocycles. The minimum atomic E-state index is -1.04. The van der Waals surface area contributed by atoms with Gasteiger partial charge in [0.25, 0.3) is 5.91 Å². The Morgan fingerprint density at radius 3 is 2.75 bits per heavy atom. The van der Waals surface area contributed by atoms with Gasteiger partial charge in [-0.2, -0.15) is 0 Å². The molecule has 0 bridgehead atoms. The number of benzene rings is 2. The third-order valence-electron chi connectivity index (χ3n) is 4.22. The zero-order valence-corrected chi connectivity index (χ0v) is 17.0. The van der Waals surface area contributed by atoms with Crippen molar-refractivity contribution < 1.29 is 19.4 Å². The van der Waals surface area contributed by atoms with Gasteiger partial charge in [0.05, 0.1) is 10.6 Å². The molecule has 2 aromatic rings. The van der Waals surface area contributed by atoms with Crippen LogP contribution in [0.1, 0.15) is 25.0 Å². The largest absolute Gasteiger partial charge is 0.479 e. The first-order valence-electron chi connectivity index (χ1n) is 8.76. The third kappa shape index (κ3) is 4.26. The van der Waals surface area contributed by atoms with Crippen LogP contribution in [-0.2, 0) is 16.0 Å². The molecule has 1 heterocycles. The molecule has 0 aromatic heterocycles. The van der Waals surface area contributed by atoms with E-state index in [4.69, 9.17) is 22.1 Å². The Labute approximate surface area is 173 Å². The normalized spacial score (nSPS) is 16.5. The zero-order chi connectivity index (χ0) is 20.3. The van der Waals surface area contributed by atoms with Crippen LogP contribution in [0.4, 0.5) is 5.69 Å². The number of carboxylic acid groups (broad SMARTS) is 1. The predicted octanol–water partition coefficient (Wildman–Crippen LogP) is 4.51. The van der Waals surface area contributed by atoms with Crippen LogP contribution in [0.25, 0.3) is 6.08 Å². The lowest BCUT2D eigenvalue weighted by Gasteiger charge is -2.18. The first-order chi connectivity index (χ1) is 13.4. The molecule has 0 saturated carbocycles. The second-order valence-electron chi connectivity index (χ2n) is 6.17. The van der Waals surface area contributed by atoms with Crippen LogP contribution in [-0.4, -0.2) is 27.4 Å². The van der Waals surface area contributed by atoms with Gasteiger partial charge in [0, 0.05) is 0 Å². The van der Waals surface area contributed by atoms with Crippen LogP contribution < -0.4 is 9.64 Å². The zero-order valence-electron chi connectivity index (χ0n) is 15.4. The molecular weight excluding hydrogens is 394 g/mol. The molecule has 1 atom stereocenters. The van der Waals surface area contributed by atoms with Gasteiger partial charge in [-0.15, -0.1) is 0 Å². The lowest BCUT2D eigenvalue weighted by molar-refractivity contribution is -0.144. The number of aliphatic carboxylic acids is 1. The fraction of sp³-hybridized carbons (Fsp3) is 0.190. The number of aryl methyl sites for hydroxylation is 1. The molecule has 1 N–H and O–H groups in total. The molecule has 1 amide bonds. The van der Waals surface area contributed by atoms with Crippen LogP contribution in [0, 0.1) is 0 Å². The van der Waals surface area contributed by atoms with E-state index in [9.17, 15) is 9.59 Å². The second-order valence-corrected chi connectivity index (χ2v) is 7.85. The number of hydrogen-bond acceptors (Lipinski definition) is 5. The summed E-state index contributed by atoms with van der Waals surface area (Å²) in [6.07, 6.45) is 1.58. The van der Waals surface area contributed by atoms with E-state index in [0.29, 0.717) is 15.0 Å². The first-order valence-corrected chi connectivity index (χ1v) is 9.98. The highest BCUT2D eigenvalue weighted by Crippen LogP contribution is 2.37. The van der Waals surface area contributed by atoms with E-state index >= 15 is 0 Å². The summed E-state index contributed by atoms with van der Waals surface area (Å²) in [4.78, 5) is 26.0. The van der Waals surface area contributed by atoms with Crippen molar-refractivity contribution in [3.05, 3.63) is 64.6 Å². The third-order valence-corrected chi connectivity index (χ3v) is 5.53. The molecule has 0 spiro atoms. The van der Waals surface area contributed by atoms with Crippen molar-refractivity contribution in [2.45, 2.75) is 26.4 Å². The number of carbonyl (C=O) groups is 2. The quantitative estimate of drug-likeness (QED) is 0.555. The van der Waals surface area contributed by atoms with E-state index in [1.807, 2.05) is 37.3 Å². The number of carbonyl (C=O) groups excluding carboxylic acids is 1. The van der Waals surface area contributed by atoms with Crippen molar-refractivity contribution in [2.75, 3.05) is 4.90 Å². The molecule has 0 aliphatic carbocycles. The van der Waals surface area contributed by atoms with Gasteiger partial charge in [-0.05, 0) is 48.7 Å². The molecule has 2 aromatic carbocycles. The molecule has 0 radical (unpaired) electrons. The number of thiocarbonyl (C=S) groups is 1. The minimum Gasteiger partial charge on any atom is -0.479 e. The highest BCUT2D eigenvalue weighted by Gasteiger charge is 2.34. The molecule has 144 valence electrons. The molecule has 1 fully saturated rings. The second kappa shape index (κ2) is 8.58. The van der Waals surface area contributed by atoms with Gasteiger partial charge in [-0.3, -0.25) is 9.69 Å². The van der Waals surface area contributed by atoms with Gasteiger partial charge in [-0.25, -0.2) is 4.79 Å². The summed E-state index contributed by atoms with van der Waals surface area (Å²) in [5.74, 6) is -0.780. The maximum Gasteiger partial charge on any atom is 0.344 e. The summed E-state index contributed by atoms with van der Waals surface area (Å²) in [7, 11) is 0. The molecule has 1 saturated heterocycles. The Hall–Kier alpha value is -2.64. The van der Waals surface area contributed by atoms with Crippen molar-refractivity contribution >= 4 is 51.9 Å². The van der Waals surface area contributed by atoms with Gasteiger partial charge in [-0.1, -0.05) is 61.2 Å². The summed E-state index contributed by atoms with van der Waals surface area (Å²) in [5, 5.41) is 8.98. The van der Waals surface area contributed by atoms with Crippen molar-refractivity contribution in [3.8, 4) is 5.75 Å². The van der Waals surface area contributed by atoms with E-state index in [1.165, 1.54) is 18.7 Å². The topological polar surface area (TPSA) is 66.8 Å². The van der Waals surface area contributed by atoms with Gasteiger partial charge < -0.3 is 9.84 Å². The fourth-order valence-corrected chi connectivity index (χ4v) is 4.07. The van der Waals surface area contributed by atoms with Crippen molar-refractivity contribution in [1.82, 2.24) is 0 Å². The van der Waals surface area contributed by atoms with Gasteiger partial charge in [0.1, 0.15) is 5.75 Å². The van der Waals surface area contributed by atoms with Crippen LogP contribution in [0.5, 0.6) is 5.75 Å². The Balaban J connectivity index is 1.87. The van der Waals surface area contributed by atoms with Crippen molar-refractivity contribution in [3.63, 3.8) is 0 Å². The number of para-hydroxylation sites is 1. The summed E-state index contributed by atoms with van der Waals surface area (Å²) in [6.45, 7) is 3.50. The van der Waals surface area contributed by atoms with E-state index in [1.54, 1.807) is 29.2 Å². The Bertz CT molecular complexity index is 970. The lowest BCUT2D eigenvalue weighted by Crippen LogP contribution is -2.28. The number of hydrogen-bond donors (Lipinski definition) is 1. The SMILES string of the molecule is CCc1ccccc1N1C(=O)/C(=C\c2cccc(OC(C)C(=O)O)c2)SC1=S. The number of ether oxygens (including phenoxy) is 1. The molecule has 1 aliphatic rings. The van der Waals surface area contributed by atoms with Crippen molar-refractivity contribution in [2.24, 2.45) is 0 Å². The van der Waals surface area contributed by atoms with E-state index in [-0.39, 0.29) is 5.91 Å². The van der Waals surface area contributed by atoms with E-state index in [0.717, 1.165) is 23.2 Å². The number of amides is 1. The van der Waals surface area contributed by atoms with Crippen LogP contribution in [0.3, 0.4) is 0 Å². The van der Waals surface area contributed by atoms with Crippen LogP contribution in [0.2, 0.25) is 0 Å². The highest BCUT2D eigenvalue weighted by molar-refractivity contribution is 8.27. The summed E-state index contributed by atoms with van der Waals surface area (Å²) >= 11 is 6.70. The standard InChI is InChI=1S/C21H19NO4S2/c1-3-15-8-4-5-10-17(15)22-19(23)18(28-21(22)27)12-14-7-6-9-16(11-14)26-13(2)20(24)25/h4-13H,3H2,1-2H3,(H,24,25)/b18-12+. The van der Waals surface area contributed by atoms with Crippen molar-refractivity contribution in [1.29, 1.82) is 0 Å². The maximum absolute atomic E-state index is 13.0. The number of rotatable bonds is 6. The average molecular weight is 414 g/mol. The van der Waals surface area contributed by atoms with Crippen LogP contribution in [0.15, 0.2) is 53.4 Å². The lowest BCUT2D eigenvalue weighted by atomic mass is 10.1. The van der Waals surface area contributed by atoms with E-state index in [2.05, 4.69) is 0 Å². The minimum absolute atomic E-state index is 0.166. The smallest absolute Gasteiger partial charge is 0.344 e. The number of thioether (sulfide) groups is 1. The van der Waals surface area contributed by atoms with Crippen LogP contribution >= 0.6 is 24.0 Å². The fourth-order valence-electron chi connectivity index (χ4n) is 2.79. The first kappa shape index (κ1) is 20.1. The van der Waals surface area contributed by atoms with Gasteiger partial charge in [0.15, 0.2) is 10.4 Å². The highest BCUT2D eigenvalue weighted by atomic mass is 32.2. The predicted molar refractivity (Wildman–Crippen MR) is 116 cm³/mol.